The van der Waals surface area contributed by atoms with Gasteiger partial charge in [0, 0.05) is 24.5 Å². The highest BCUT2D eigenvalue weighted by atomic mass is 16.5. The molecule has 4 rings (SSSR count). The topological polar surface area (TPSA) is 64.9 Å². The van der Waals surface area contributed by atoms with E-state index < -0.39 is 0 Å². The Kier molecular flexibility index (Phi) is 5.52. The Morgan fingerprint density at radius 3 is 2.55 bits per heavy atom. The normalized spacial score (nSPS) is 10.7. The summed E-state index contributed by atoms with van der Waals surface area (Å²) in [5.74, 6) is 1.44. The van der Waals surface area contributed by atoms with Crippen molar-refractivity contribution in [3.63, 3.8) is 0 Å². The standard InChI is InChI=1S/C23H23N5O/c1-17-21(16-28(27-17)19-8-10-20(29-2)11-9-19)22-13-15-25-23(26-22)24-14-12-18-6-4-3-5-7-18/h3-11,13,15-16H,12,14H2,1-2H3,(H,24,25,26). The third-order valence-corrected chi connectivity index (χ3v) is 4.71. The van der Waals surface area contributed by atoms with Crippen molar-refractivity contribution >= 4 is 5.95 Å². The van der Waals surface area contributed by atoms with E-state index in [0.29, 0.717) is 5.95 Å². The molecule has 4 aromatic rings. The number of aromatic nitrogens is 4. The number of aryl methyl sites for hydroxylation is 1. The largest absolute Gasteiger partial charge is 0.497 e. The van der Waals surface area contributed by atoms with E-state index in [4.69, 9.17) is 4.74 Å². The van der Waals surface area contributed by atoms with Crippen LogP contribution in [0.3, 0.4) is 0 Å². The summed E-state index contributed by atoms with van der Waals surface area (Å²) in [6.45, 7) is 2.76. The van der Waals surface area contributed by atoms with Gasteiger partial charge in [-0.05, 0) is 49.2 Å². The number of rotatable bonds is 7. The average Bonchev–Trinajstić information content (AvgIpc) is 3.16. The number of methoxy groups -OCH3 is 1. The number of hydrogen-bond donors (Lipinski definition) is 1. The zero-order chi connectivity index (χ0) is 20.1. The van der Waals surface area contributed by atoms with Crippen LogP contribution in [0.15, 0.2) is 73.1 Å². The number of nitrogens with zero attached hydrogens (tertiary/aromatic N) is 4. The molecule has 0 radical (unpaired) electrons. The number of nitrogens with one attached hydrogen (secondary N) is 1. The van der Waals surface area contributed by atoms with E-state index in [1.54, 1.807) is 13.3 Å². The van der Waals surface area contributed by atoms with Gasteiger partial charge in [-0.15, -0.1) is 0 Å². The first-order valence-corrected chi connectivity index (χ1v) is 9.55. The van der Waals surface area contributed by atoms with E-state index in [2.05, 4.69) is 44.6 Å². The number of hydrogen-bond acceptors (Lipinski definition) is 5. The molecule has 2 aromatic carbocycles. The maximum atomic E-state index is 5.22. The van der Waals surface area contributed by atoms with Crippen LogP contribution in [0.25, 0.3) is 16.9 Å². The summed E-state index contributed by atoms with van der Waals surface area (Å²) in [5, 5.41) is 7.95. The van der Waals surface area contributed by atoms with Gasteiger partial charge in [-0.2, -0.15) is 5.10 Å². The van der Waals surface area contributed by atoms with Crippen LogP contribution in [-0.4, -0.2) is 33.4 Å². The SMILES string of the molecule is COc1ccc(-n2cc(-c3ccnc(NCCc4ccccc4)n3)c(C)n2)cc1. The zero-order valence-corrected chi connectivity index (χ0v) is 16.5. The molecule has 0 fully saturated rings. The van der Waals surface area contributed by atoms with Gasteiger partial charge in [-0.3, -0.25) is 0 Å². The van der Waals surface area contributed by atoms with Crippen LogP contribution < -0.4 is 10.1 Å². The number of benzene rings is 2. The minimum atomic E-state index is 0.620. The molecule has 0 aliphatic heterocycles. The summed E-state index contributed by atoms with van der Waals surface area (Å²) in [6.07, 6.45) is 4.69. The van der Waals surface area contributed by atoms with Crippen LogP contribution in [0.2, 0.25) is 0 Å². The molecular weight excluding hydrogens is 362 g/mol. The highest BCUT2D eigenvalue weighted by Gasteiger charge is 2.11. The van der Waals surface area contributed by atoms with E-state index in [1.807, 2.05) is 54.2 Å². The Balaban J connectivity index is 1.49. The van der Waals surface area contributed by atoms with E-state index in [1.165, 1.54) is 5.56 Å². The smallest absolute Gasteiger partial charge is 0.223 e. The van der Waals surface area contributed by atoms with Crippen molar-refractivity contribution in [1.82, 2.24) is 19.7 Å². The Labute approximate surface area is 170 Å². The van der Waals surface area contributed by atoms with Gasteiger partial charge in [-0.25, -0.2) is 14.6 Å². The van der Waals surface area contributed by atoms with Gasteiger partial charge in [0.2, 0.25) is 5.95 Å². The van der Waals surface area contributed by atoms with E-state index in [9.17, 15) is 0 Å². The first-order valence-electron chi connectivity index (χ1n) is 9.55. The van der Waals surface area contributed by atoms with Gasteiger partial charge < -0.3 is 10.1 Å². The molecule has 2 aromatic heterocycles. The molecule has 146 valence electrons. The zero-order valence-electron chi connectivity index (χ0n) is 16.5. The van der Waals surface area contributed by atoms with E-state index >= 15 is 0 Å². The van der Waals surface area contributed by atoms with Crippen molar-refractivity contribution in [2.45, 2.75) is 13.3 Å². The van der Waals surface area contributed by atoms with Crippen LogP contribution >= 0.6 is 0 Å². The summed E-state index contributed by atoms with van der Waals surface area (Å²) < 4.78 is 7.08. The monoisotopic (exact) mass is 385 g/mol. The molecule has 0 aliphatic carbocycles. The molecule has 0 bridgehead atoms. The number of ether oxygens (including phenoxy) is 1. The van der Waals surface area contributed by atoms with Gasteiger partial charge >= 0.3 is 0 Å². The van der Waals surface area contributed by atoms with Crippen molar-refractivity contribution in [3.05, 3.63) is 84.3 Å². The van der Waals surface area contributed by atoms with Gasteiger partial charge in [0.15, 0.2) is 0 Å². The number of anilines is 1. The Hall–Kier alpha value is -3.67. The molecule has 6 heteroatoms. The Morgan fingerprint density at radius 2 is 1.79 bits per heavy atom. The maximum Gasteiger partial charge on any atom is 0.223 e. The summed E-state index contributed by atoms with van der Waals surface area (Å²) >= 11 is 0. The van der Waals surface area contributed by atoms with Gasteiger partial charge in [-0.1, -0.05) is 30.3 Å². The first kappa shape index (κ1) is 18.7. The molecule has 1 N–H and O–H groups in total. The summed E-state index contributed by atoms with van der Waals surface area (Å²) in [6, 6.07) is 20.1. The van der Waals surface area contributed by atoms with Crippen LogP contribution in [0, 0.1) is 6.92 Å². The molecule has 0 saturated heterocycles. The maximum absolute atomic E-state index is 5.22. The molecule has 2 heterocycles. The Bertz CT molecular complexity index is 1070. The summed E-state index contributed by atoms with van der Waals surface area (Å²) in [4.78, 5) is 9.02. The van der Waals surface area contributed by atoms with Crippen LogP contribution in [0.4, 0.5) is 5.95 Å². The fourth-order valence-corrected chi connectivity index (χ4v) is 3.14. The van der Waals surface area contributed by atoms with Crippen molar-refractivity contribution in [1.29, 1.82) is 0 Å². The van der Waals surface area contributed by atoms with Crippen molar-refractivity contribution in [3.8, 4) is 22.7 Å². The van der Waals surface area contributed by atoms with Gasteiger partial charge in [0.05, 0.1) is 24.2 Å². The minimum Gasteiger partial charge on any atom is -0.497 e. The molecule has 0 saturated carbocycles. The van der Waals surface area contributed by atoms with Gasteiger partial charge in [0.25, 0.3) is 0 Å². The second kappa shape index (κ2) is 8.56. The molecule has 29 heavy (non-hydrogen) atoms. The molecule has 0 unspecified atom stereocenters. The predicted molar refractivity (Wildman–Crippen MR) is 115 cm³/mol. The summed E-state index contributed by atoms with van der Waals surface area (Å²) in [7, 11) is 1.66. The highest BCUT2D eigenvalue weighted by Crippen LogP contribution is 2.23. The quantitative estimate of drug-likeness (QED) is 0.514. The van der Waals surface area contributed by atoms with Crippen LogP contribution in [-0.2, 0) is 6.42 Å². The lowest BCUT2D eigenvalue weighted by molar-refractivity contribution is 0.414. The van der Waals surface area contributed by atoms with E-state index in [0.717, 1.165) is 41.4 Å². The average molecular weight is 385 g/mol. The fourth-order valence-electron chi connectivity index (χ4n) is 3.14. The minimum absolute atomic E-state index is 0.620. The second-order valence-corrected chi connectivity index (χ2v) is 6.70. The lowest BCUT2D eigenvalue weighted by Gasteiger charge is -2.06. The van der Waals surface area contributed by atoms with Crippen molar-refractivity contribution in [2.75, 3.05) is 19.0 Å². The molecule has 6 nitrogen and oxygen atoms in total. The fraction of sp³-hybridized carbons (Fsp3) is 0.174. The van der Waals surface area contributed by atoms with Gasteiger partial charge in [0.1, 0.15) is 5.75 Å². The third kappa shape index (κ3) is 4.43. The molecular formula is C23H23N5O. The third-order valence-electron chi connectivity index (χ3n) is 4.71. The predicted octanol–water partition coefficient (Wildman–Crippen LogP) is 4.30. The lowest BCUT2D eigenvalue weighted by atomic mass is 10.1. The molecule has 0 atom stereocenters. The first-order chi connectivity index (χ1) is 14.2. The lowest BCUT2D eigenvalue weighted by Crippen LogP contribution is -2.08. The summed E-state index contributed by atoms with van der Waals surface area (Å²) in [5.41, 5.74) is 4.99. The van der Waals surface area contributed by atoms with Crippen LogP contribution in [0.1, 0.15) is 11.3 Å². The molecule has 0 spiro atoms. The van der Waals surface area contributed by atoms with E-state index in [-0.39, 0.29) is 0 Å². The van der Waals surface area contributed by atoms with Crippen LogP contribution in [0.5, 0.6) is 5.75 Å². The van der Waals surface area contributed by atoms with Crippen molar-refractivity contribution < 1.29 is 4.74 Å². The molecule has 0 aliphatic rings. The van der Waals surface area contributed by atoms with Crippen molar-refractivity contribution in [2.24, 2.45) is 0 Å². The Morgan fingerprint density at radius 1 is 1.00 bits per heavy atom. The molecule has 0 amide bonds. The highest BCUT2D eigenvalue weighted by molar-refractivity contribution is 5.62. The second-order valence-electron chi connectivity index (χ2n) is 6.70.